The summed E-state index contributed by atoms with van der Waals surface area (Å²) in [6.45, 7) is 1.93. The van der Waals surface area contributed by atoms with Gasteiger partial charge >= 0.3 is 0 Å². The first-order valence-corrected chi connectivity index (χ1v) is 15.4. The number of nitrogens with zero attached hydrogens (tertiary/aromatic N) is 1. The van der Waals surface area contributed by atoms with Gasteiger partial charge in [-0.15, -0.1) is 23.1 Å². The van der Waals surface area contributed by atoms with Gasteiger partial charge in [0.05, 0.1) is 11.4 Å². The normalized spacial score (nSPS) is 11.1. The van der Waals surface area contributed by atoms with E-state index in [-0.39, 0.29) is 23.2 Å². The predicted octanol–water partition coefficient (Wildman–Crippen LogP) is 7.40. The molecule has 1 heterocycles. The molecule has 0 unspecified atom stereocenters. The quantitative estimate of drug-likeness (QED) is 0.111. The lowest BCUT2D eigenvalue weighted by Crippen LogP contribution is -2.30. The SMILES string of the molecule is Cc1ccccc1/C=C(\NC(=O)c1ccccc1)C(=O)Nc1ccc(SCC(=O)Nc2nc(-c3ccc(F)cc3)cs2)cc1. The molecule has 0 saturated carbocycles. The number of anilines is 2. The van der Waals surface area contributed by atoms with Crippen LogP contribution in [0.5, 0.6) is 0 Å². The van der Waals surface area contributed by atoms with Gasteiger partial charge in [0.25, 0.3) is 11.8 Å². The van der Waals surface area contributed by atoms with Crippen molar-refractivity contribution in [3.8, 4) is 11.3 Å². The summed E-state index contributed by atoms with van der Waals surface area (Å²) < 4.78 is 13.2. The lowest BCUT2D eigenvalue weighted by Gasteiger charge is -2.12. The zero-order valence-electron chi connectivity index (χ0n) is 23.5. The number of benzene rings is 4. The second-order valence-corrected chi connectivity index (χ2v) is 11.5. The number of thiazole rings is 1. The van der Waals surface area contributed by atoms with Crippen molar-refractivity contribution in [1.29, 1.82) is 0 Å². The number of carbonyl (C=O) groups excluding carboxylic acids is 3. The number of aromatic nitrogens is 1. The molecular weight excluding hydrogens is 596 g/mol. The fourth-order valence-corrected chi connectivity index (χ4v) is 5.50. The van der Waals surface area contributed by atoms with Crippen LogP contribution in [0.2, 0.25) is 0 Å². The molecule has 0 radical (unpaired) electrons. The van der Waals surface area contributed by atoms with Crippen molar-refractivity contribution in [1.82, 2.24) is 10.3 Å². The Morgan fingerprint density at radius 1 is 0.864 bits per heavy atom. The minimum atomic E-state index is -0.472. The van der Waals surface area contributed by atoms with Crippen molar-refractivity contribution >= 4 is 57.7 Å². The van der Waals surface area contributed by atoms with Gasteiger partial charge in [-0.25, -0.2) is 9.37 Å². The molecule has 7 nitrogen and oxygen atoms in total. The minimum absolute atomic E-state index is 0.105. The Bertz CT molecular complexity index is 1800. The van der Waals surface area contributed by atoms with Crippen LogP contribution in [0.3, 0.4) is 0 Å². The third kappa shape index (κ3) is 8.27. The molecule has 4 aromatic carbocycles. The highest BCUT2D eigenvalue weighted by molar-refractivity contribution is 8.00. The second-order valence-electron chi connectivity index (χ2n) is 9.59. The molecule has 0 bridgehead atoms. The van der Waals surface area contributed by atoms with Gasteiger partial charge in [-0.1, -0.05) is 42.5 Å². The van der Waals surface area contributed by atoms with Gasteiger partial charge in [0.1, 0.15) is 11.5 Å². The average molecular weight is 623 g/mol. The van der Waals surface area contributed by atoms with Gasteiger partial charge in [0.15, 0.2) is 5.13 Å². The Balaban J connectivity index is 1.19. The lowest BCUT2D eigenvalue weighted by molar-refractivity contribution is -0.114. The van der Waals surface area contributed by atoms with Crippen LogP contribution in [-0.2, 0) is 9.59 Å². The number of hydrogen-bond acceptors (Lipinski definition) is 6. The number of hydrogen-bond donors (Lipinski definition) is 3. The molecule has 0 spiro atoms. The minimum Gasteiger partial charge on any atom is -0.321 e. The molecule has 220 valence electrons. The van der Waals surface area contributed by atoms with Gasteiger partial charge in [0.2, 0.25) is 5.91 Å². The van der Waals surface area contributed by atoms with Crippen molar-refractivity contribution < 1.29 is 18.8 Å². The van der Waals surface area contributed by atoms with E-state index in [4.69, 9.17) is 0 Å². The summed E-state index contributed by atoms with van der Waals surface area (Å²) >= 11 is 2.63. The van der Waals surface area contributed by atoms with Crippen LogP contribution in [0.4, 0.5) is 15.2 Å². The van der Waals surface area contributed by atoms with Crippen molar-refractivity contribution in [2.75, 3.05) is 16.4 Å². The van der Waals surface area contributed by atoms with Crippen LogP contribution in [0.25, 0.3) is 17.3 Å². The Morgan fingerprint density at radius 2 is 1.57 bits per heavy atom. The number of amides is 3. The molecule has 44 heavy (non-hydrogen) atoms. The molecule has 3 amide bonds. The molecule has 3 N–H and O–H groups in total. The Labute approximate surface area is 262 Å². The van der Waals surface area contributed by atoms with Crippen LogP contribution in [0.1, 0.15) is 21.5 Å². The fraction of sp³-hybridized carbons (Fsp3) is 0.0588. The molecule has 5 aromatic rings. The van der Waals surface area contributed by atoms with Gasteiger partial charge in [0, 0.05) is 27.1 Å². The van der Waals surface area contributed by atoms with E-state index in [1.54, 1.807) is 72.1 Å². The van der Waals surface area contributed by atoms with Crippen molar-refractivity contribution in [2.24, 2.45) is 0 Å². The van der Waals surface area contributed by atoms with E-state index in [0.29, 0.717) is 22.1 Å². The third-order valence-corrected chi connectivity index (χ3v) is 8.16. The first-order chi connectivity index (χ1) is 21.3. The molecule has 5 rings (SSSR count). The smallest absolute Gasteiger partial charge is 0.272 e. The number of carbonyl (C=O) groups is 3. The number of thioether (sulfide) groups is 1. The van der Waals surface area contributed by atoms with Crippen molar-refractivity contribution in [3.05, 3.63) is 137 Å². The maximum absolute atomic E-state index is 13.3. The largest absolute Gasteiger partial charge is 0.321 e. The van der Waals surface area contributed by atoms with Crippen LogP contribution in [0.15, 0.2) is 119 Å². The first-order valence-electron chi connectivity index (χ1n) is 13.5. The molecule has 0 fully saturated rings. The van der Waals surface area contributed by atoms with Gasteiger partial charge in [-0.3, -0.25) is 14.4 Å². The Kier molecular flexibility index (Phi) is 9.96. The van der Waals surface area contributed by atoms with Crippen LogP contribution in [0, 0.1) is 12.7 Å². The zero-order valence-corrected chi connectivity index (χ0v) is 25.2. The van der Waals surface area contributed by atoms with Gasteiger partial charge in [-0.05, 0) is 84.8 Å². The highest BCUT2D eigenvalue weighted by atomic mass is 32.2. The van der Waals surface area contributed by atoms with E-state index >= 15 is 0 Å². The van der Waals surface area contributed by atoms with E-state index in [0.717, 1.165) is 21.6 Å². The number of aryl methyl sites for hydroxylation is 1. The lowest BCUT2D eigenvalue weighted by atomic mass is 10.1. The van der Waals surface area contributed by atoms with Crippen molar-refractivity contribution in [3.63, 3.8) is 0 Å². The molecular formula is C34H27FN4O3S2. The summed E-state index contributed by atoms with van der Waals surface area (Å²) in [5, 5.41) is 10.6. The number of rotatable bonds is 10. The highest BCUT2D eigenvalue weighted by Crippen LogP contribution is 2.26. The molecule has 10 heteroatoms. The summed E-state index contributed by atoms with van der Waals surface area (Å²) in [5.74, 6) is -1.24. The van der Waals surface area contributed by atoms with Crippen molar-refractivity contribution in [2.45, 2.75) is 11.8 Å². The van der Waals surface area contributed by atoms with Crippen LogP contribution >= 0.6 is 23.1 Å². The molecule has 0 aliphatic carbocycles. The molecule has 0 aliphatic rings. The fourth-order valence-electron chi connectivity index (χ4n) is 4.07. The second kappa shape index (κ2) is 14.4. The van der Waals surface area contributed by atoms with Gasteiger partial charge < -0.3 is 16.0 Å². The summed E-state index contributed by atoms with van der Waals surface area (Å²) in [7, 11) is 0. The summed E-state index contributed by atoms with van der Waals surface area (Å²) in [5.41, 5.74) is 4.26. The Hall–Kier alpha value is -5.06. The molecule has 1 aromatic heterocycles. The predicted molar refractivity (Wildman–Crippen MR) is 175 cm³/mol. The van der Waals surface area contributed by atoms with E-state index < -0.39 is 11.8 Å². The monoisotopic (exact) mass is 622 g/mol. The maximum Gasteiger partial charge on any atom is 0.272 e. The number of halogens is 1. The van der Waals surface area contributed by atoms with E-state index in [1.165, 1.54) is 35.2 Å². The van der Waals surface area contributed by atoms with Gasteiger partial charge in [-0.2, -0.15) is 0 Å². The molecule has 0 saturated heterocycles. The topological polar surface area (TPSA) is 100 Å². The number of nitrogens with one attached hydrogen (secondary N) is 3. The Morgan fingerprint density at radius 3 is 2.30 bits per heavy atom. The first kappa shape index (κ1) is 30.4. The third-order valence-electron chi connectivity index (χ3n) is 6.39. The van der Waals surface area contributed by atoms with E-state index in [2.05, 4.69) is 20.9 Å². The summed E-state index contributed by atoms with van der Waals surface area (Å²) in [6.07, 6.45) is 1.65. The molecule has 0 aliphatic heterocycles. The van der Waals surface area contributed by atoms with E-state index in [1.807, 2.05) is 37.3 Å². The van der Waals surface area contributed by atoms with E-state index in [9.17, 15) is 18.8 Å². The summed E-state index contributed by atoms with van der Waals surface area (Å²) in [6, 6.07) is 29.3. The highest BCUT2D eigenvalue weighted by Gasteiger charge is 2.16. The van der Waals surface area contributed by atoms with Crippen LogP contribution < -0.4 is 16.0 Å². The molecule has 0 atom stereocenters. The average Bonchev–Trinajstić information content (AvgIpc) is 3.50. The van der Waals surface area contributed by atoms with Crippen LogP contribution in [-0.4, -0.2) is 28.5 Å². The summed E-state index contributed by atoms with van der Waals surface area (Å²) in [4.78, 5) is 43.9. The standard InChI is InChI=1S/C34H27FN4O3S2/c1-22-7-5-6-10-25(22)19-29(37-32(41)24-8-3-2-4-9-24)33(42)36-27-15-17-28(18-16-27)43-21-31(40)39-34-38-30(20-44-34)23-11-13-26(35)14-12-23/h2-20H,21H2,1H3,(H,36,42)(H,37,41)(H,38,39,40)/b29-19-. The maximum atomic E-state index is 13.3. The zero-order chi connectivity index (χ0) is 30.9.